The zero-order valence-corrected chi connectivity index (χ0v) is 12.2. The van der Waals surface area contributed by atoms with Crippen LogP contribution in [0.1, 0.15) is 0 Å². The van der Waals surface area contributed by atoms with Crippen LogP contribution in [0, 0.1) is 0 Å². The van der Waals surface area contributed by atoms with E-state index in [1.54, 1.807) is 0 Å². The number of hydrogen-bond acceptors (Lipinski definition) is 3. The van der Waals surface area contributed by atoms with Crippen molar-refractivity contribution in [3.63, 3.8) is 0 Å². The van der Waals surface area contributed by atoms with E-state index in [0.29, 0.717) is 0 Å². The number of rotatable bonds is 1. The Bertz CT molecular complexity index is 374. The molecule has 1 aromatic heterocycles. The Labute approximate surface area is 127 Å². The van der Waals surface area contributed by atoms with Gasteiger partial charge in [-0.3, -0.25) is 0 Å². The Morgan fingerprint density at radius 2 is 1.92 bits per heavy atom. The van der Waals surface area contributed by atoms with Crippen LogP contribution in [0.2, 0.25) is 8.67 Å². The molecule has 0 unspecified atom stereocenters. The Morgan fingerprint density at radius 3 is 2.08 bits per heavy atom. The largest absolute Gasteiger partial charge is 1.00 e. The van der Waals surface area contributed by atoms with Gasteiger partial charge in [-0.15, -0.1) is 11.3 Å². The number of nitrogens with one attached hydrogen (secondary N) is 1. The summed E-state index contributed by atoms with van der Waals surface area (Å²) in [6, 6.07) is 1.16. The fourth-order valence-electron chi connectivity index (χ4n) is 0.508. The normalized spacial score (nSPS) is 10.9. The van der Waals surface area contributed by atoms with E-state index in [2.05, 4.69) is 0 Å². The smallest absolute Gasteiger partial charge is 0.560 e. The number of sulfonamides is 1. The maximum absolute atomic E-state index is 10.6. The zero-order valence-electron chi connectivity index (χ0n) is 5.97. The molecule has 0 aromatic carbocycles. The zero-order chi connectivity index (χ0) is 8.65. The van der Waals surface area contributed by atoms with Crippen molar-refractivity contribution in [3.05, 3.63) is 19.9 Å². The topological polar surface area (TPSA) is 57.9 Å². The molecule has 0 amide bonds. The standard InChI is InChI=1S/C4H2Cl2NO2S2.K/c5-3-1-2(4(6)10-3)11(7,8)9;/h1H,(H-,7,8,9);/q-1;+1. The van der Waals surface area contributed by atoms with Crippen LogP contribution in [-0.4, -0.2) is 8.42 Å². The Balaban J connectivity index is 0.00000121. The first-order valence-corrected chi connectivity index (χ1v) is 5.41. The van der Waals surface area contributed by atoms with E-state index in [0.717, 1.165) is 17.4 Å². The molecule has 0 aliphatic heterocycles. The monoisotopic (exact) mass is 269 g/mol. The first kappa shape index (κ1) is 13.8. The molecule has 0 aliphatic rings. The predicted molar refractivity (Wildman–Crippen MR) is 45.8 cm³/mol. The molecule has 0 saturated heterocycles. The summed E-state index contributed by atoms with van der Waals surface area (Å²) in [5.41, 5.74) is 0. The van der Waals surface area contributed by atoms with E-state index >= 15 is 0 Å². The van der Waals surface area contributed by atoms with Crippen LogP contribution >= 0.6 is 34.5 Å². The molecule has 1 aromatic rings. The van der Waals surface area contributed by atoms with Gasteiger partial charge in [0, 0.05) is 0 Å². The van der Waals surface area contributed by atoms with Crippen LogP contribution < -0.4 is 51.4 Å². The Morgan fingerprint density at radius 1 is 1.42 bits per heavy atom. The molecular weight excluding hydrogens is 268 g/mol. The SMILES string of the molecule is [K+].[NH-]S(=O)(=O)c1cc(Cl)sc1Cl. The van der Waals surface area contributed by atoms with Gasteiger partial charge in [-0.2, -0.15) is 0 Å². The summed E-state index contributed by atoms with van der Waals surface area (Å²) < 4.78 is 21.5. The van der Waals surface area contributed by atoms with Crippen LogP contribution in [0.25, 0.3) is 5.14 Å². The van der Waals surface area contributed by atoms with Crippen LogP contribution in [0.15, 0.2) is 11.0 Å². The summed E-state index contributed by atoms with van der Waals surface area (Å²) in [5.74, 6) is 0. The van der Waals surface area contributed by atoms with Crippen molar-refractivity contribution in [2.45, 2.75) is 4.90 Å². The van der Waals surface area contributed by atoms with Gasteiger partial charge in [0.2, 0.25) is 0 Å². The van der Waals surface area contributed by atoms with E-state index < -0.39 is 10.0 Å². The molecule has 0 radical (unpaired) electrons. The number of thiophene rings is 1. The minimum absolute atomic E-state index is 0. The fourth-order valence-corrected chi connectivity index (χ4v) is 3.16. The van der Waals surface area contributed by atoms with Crippen molar-refractivity contribution in [3.8, 4) is 0 Å². The van der Waals surface area contributed by atoms with Crippen molar-refractivity contribution in [1.29, 1.82) is 0 Å². The van der Waals surface area contributed by atoms with E-state index in [-0.39, 0.29) is 65.0 Å². The summed E-state index contributed by atoms with van der Waals surface area (Å²) in [7, 11) is -3.97. The summed E-state index contributed by atoms with van der Waals surface area (Å²) in [6.07, 6.45) is 0. The molecule has 0 atom stereocenters. The number of halogens is 2. The molecule has 0 fully saturated rings. The first-order chi connectivity index (χ1) is 4.91. The predicted octanol–water partition coefficient (Wildman–Crippen LogP) is -0.200. The molecule has 3 nitrogen and oxygen atoms in total. The molecule has 1 N–H and O–H groups in total. The summed E-state index contributed by atoms with van der Waals surface area (Å²) in [5, 5.41) is 6.66. The molecule has 0 bridgehead atoms. The molecule has 1 heterocycles. The molecule has 0 spiro atoms. The summed E-state index contributed by atoms with van der Waals surface area (Å²) in [6.45, 7) is 0. The summed E-state index contributed by atoms with van der Waals surface area (Å²) in [4.78, 5) is -0.228. The molecule has 62 valence electrons. The van der Waals surface area contributed by atoms with Crippen LogP contribution in [0.3, 0.4) is 0 Å². The third-order valence-electron chi connectivity index (χ3n) is 0.915. The summed E-state index contributed by atoms with van der Waals surface area (Å²) >= 11 is 11.9. The molecular formula is C4H2Cl2KNO2S2. The van der Waals surface area contributed by atoms with Gasteiger partial charge in [0.15, 0.2) is 0 Å². The van der Waals surface area contributed by atoms with E-state index in [1.807, 2.05) is 0 Å². The third kappa shape index (κ3) is 3.53. The van der Waals surface area contributed by atoms with Gasteiger partial charge in [0.25, 0.3) is 0 Å². The van der Waals surface area contributed by atoms with Crippen molar-refractivity contribution in [1.82, 2.24) is 0 Å². The van der Waals surface area contributed by atoms with Crippen LogP contribution in [0.5, 0.6) is 0 Å². The second kappa shape index (κ2) is 5.06. The van der Waals surface area contributed by atoms with Gasteiger partial charge < -0.3 is 5.14 Å². The van der Waals surface area contributed by atoms with Crippen molar-refractivity contribution < 1.29 is 59.8 Å². The van der Waals surface area contributed by atoms with Crippen molar-refractivity contribution in [2.24, 2.45) is 0 Å². The van der Waals surface area contributed by atoms with E-state index in [1.165, 1.54) is 0 Å². The van der Waals surface area contributed by atoms with Gasteiger partial charge >= 0.3 is 51.4 Å². The van der Waals surface area contributed by atoms with Crippen molar-refractivity contribution in [2.75, 3.05) is 0 Å². The second-order valence-corrected chi connectivity index (χ2v) is 5.42. The molecule has 1 rings (SSSR count). The van der Waals surface area contributed by atoms with Crippen LogP contribution in [0.4, 0.5) is 0 Å². The van der Waals surface area contributed by atoms with Gasteiger partial charge in [-0.05, 0) is 6.07 Å². The first-order valence-electron chi connectivity index (χ1n) is 2.36. The molecule has 0 aliphatic carbocycles. The van der Waals surface area contributed by atoms with E-state index in [9.17, 15) is 8.42 Å². The Kier molecular flexibility index (Phi) is 5.83. The average Bonchev–Trinajstić information content (AvgIpc) is 2.08. The number of hydrogen-bond donors (Lipinski definition) is 0. The third-order valence-corrected chi connectivity index (χ3v) is 3.54. The minimum atomic E-state index is -3.97. The average molecular weight is 270 g/mol. The maximum Gasteiger partial charge on any atom is 1.00 e. The molecule has 8 heteroatoms. The van der Waals surface area contributed by atoms with Gasteiger partial charge in [-0.25, -0.2) is 8.42 Å². The second-order valence-electron chi connectivity index (χ2n) is 1.69. The van der Waals surface area contributed by atoms with Crippen molar-refractivity contribution >= 4 is 44.6 Å². The maximum atomic E-state index is 10.6. The van der Waals surface area contributed by atoms with E-state index in [4.69, 9.17) is 28.3 Å². The molecule has 12 heavy (non-hydrogen) atoms. The van der Waals surface area contributed by atoms with Gasteiger partial charge in [-0.1, -0.05) is 23.2 Å². The van der Waals surface area contributed by atoms with Gasteiger partial charge in [0.1, 0.15) is 14.4 Å². The minimum Gasteiger partial charge on any atom is -0.560 e. The van der Waals surface area contributed by atoms with Gasteiger partial charge in [0.05, 0.1) is 9.23 Å². The quantitative estimate of drug-likeness (QED) is 0.664. The Hall–Kier alpha value is 1.83. The fraction of sp³-hybridized carbons (Fsp3) is 0. The van der Waals surface area contributed by atoms with Crippen LogP contribution in [-0.2, 0) is 10.0 Å². The molecule has 0 saturated carbocycles.